The normalized spacial score (nSPS) is 15.3. The van der Waals surface area contributed by atoms with Crippen molar-refractivity contribution in [2.75, 3.05) is 47.5 Å². The van der Waals surface area contributed by atoms with Crippen LogP contribution in [-0.2, 0) is 32.7 Å². The molecule has 0 aromatic heterocycles. The van der Waals surface area contributed by atoms with Crippen molar-refractivity contribution in [1.29, 1.82) is 0 Å². The zero-order chi connectivity index (χ0) is 38.4. The highest BCUT2D eigenvalue weighted by atomic mass is 31.2. The molecule has 0 aromatic carbocycles. The number of nitrogens with zero attached hydrogens (tertiary/aromatic N) is 3. The van der Waals surface area contributed by atoms with Crippen LogP contribution in [0, 0.1) is 0 Å². The number of likely N-dealkylation sites (N-methyl/N-ethyl adjacent to an activating group) is 1. The smallest absolute Gasteiger partial charge is 0.306 e. The number of quaternary nitrogens is 1. The highest BCUT2D eigenvalue weighted by Crippen LogP contribution is 2.39. The third-order valence-electron chi connectivity index (χ3n) is 9.66. The average Bonchev–Trinajstić information content (AvgIpc) is 3.86. The Labute approximate surface area is 318 Å². The second-order valence-electron chi connectivity index (χ2n) is 16.0. The lowest BCUT2D eigenvalue weighted by Crippen LogP contribution is -2.37. The maximum absolute atomic E-state index is 12.8. The summed E-state index contributed by atoms with van der Waals surface area (Å²) < 4.78 is 33.9. The topological polar surface area (TPSA) is 136 Å². The van der Waals surface area contributed by atoms with Crippen LogP contribution in [0.3, 0.4) is 0 Å². The van der Waals surface area contributed by atoms with Gasteiger partial charge in [-0.3, -0.25) is 14.2 Å². The number of unbranched alkanes of at least 4 members (excludes halogenated alkanes) is 20. The number of hydrogen-bond donors (Lipinski definition) is 0. The molecule has 1 heterocycles. The van der Waals surface area contributed by atoms with E-state index >= 15 is 0 Å². The summed E-state index contributed by atoms with van der Waals surface area (Å²) in [6, 6.07) is 0. The minimum Gasteiger partial charge on any atom is -0.756 e. The van der Waals surface area contributed by atoms with Crippen LogP contribution < -0.4 is 4.89 Å². The fourth-order valence-corrected chi connectivity index (χ4v) is 6.89. The van der Waals surface area contributed by atoms with Crippen LogP contribution in [0.2, 0.25) is 0 Å². The van der Waals surface area contributed by atoms with Gasteiger partial charge in [0.1, 0.15) is 19.8 Å². The van der Waals surface area contributed by atoms with Gasteiger partial charge in [-0.1, -0.05) is 136 Å². The quantitative estimate of drug-likeness (QED) is 0.0263. The summed E-state index contributed by atoms with van der Waals surface area (Å²) in [5, 5.41) is 8.65. The Hall–Kier alpha value is -1.39. The van der Waals surface area contributed by atoms with Crippen molar-refractivity contribution in [3.8, 4) is 0 Å². The van der Waals surface area contributed by atoms with E-state index in [0.717, 1.165) is 44.9 Å². The van der Waals surface area contributed by atoms with Crippen LogP contribution >= 0.6 is 7.82 Å². The highest BCUT2D eigenvalue weighted by Gasteiger charge is 2.38. The van der Waals surface area contributed by atoms with Crippen molar-refractivity contribution >= 4 is 19.8 Å². The third kappa shape index (κ3) is 30.0. The minimum absolute atomic E-state index is 0.0397. The lowest BCUT2D eigenvalue weighted by Gasteiger charge is -2.28. The van der Waals surface area contributed by atoms with Gasteiger partial charge in [0.2, 0.25) is 0 Å². The standard InChI is InChI=1S/C40H78N3O8P/c1-6-8-10-12-14-16-18-19-21-23-25-29-38(44)48-35-37(36-50-52(46,47)49-34-33-43(3,4)5)51-39(45)30-26-28-32-40(41-42-40)31-27-24-22-20-17-15-13-11-9-7-2/h37H,6-36H2,1-5H3. The van der Waals surface area contributed by atoms with E-state index in [1.165, 1.54) is 109 Å². The Morgan fingerprint density at radius 1 is 0.615 bits per heavy atom. The minimum atomic E-state index is -4.64. The van der Waals surface area contributed by atoms with Crippen molar-refractivity contribution in [3.63, 3.8) is 0 Å². The first-order valence-corrected chi connectivity index (χ1v) is 22.6. The van der Waals surface area contributed by atoms with E-state index < -0.39 is 32.5 Å². The van der Waals surface area contributed by atoms with Gasteiger partial charge in [-0.05, 0) is 38.5 Å². The van der Waals surface area contributed by atoms with Crippen LogP contribution in [0.25, 0.3) is 0 Å². The van der Waals surface area contributed by atoms with Gasteiger partial charge in [-0.2, -0.15) is 10.2 Å². The maximum atomic E-state index is 12.8. The summed E-state index contributed by atoms with van der Waals surface area (Å²) in [5.41, 5.74) is -0.274. The van der Waals surface area contributed by atoms with E-state index in [-0.39, 0.29) is 31.7 Å². The van der Waals surface area contributed by atoms with Crippen molar-refractivity contribution in [2.45, 2.75) is 199 Å². The molecule has 12 heteroatoms. The second-order valence-corrected chi connectivity index (χ2v) is 17.4. The monoisotopic (exact) mass is 760 g/mol. The number of hydrogen-bond acceptors (Lipinski definition) is 10. The molecule has 0 saturated heterocycles. The zero-order valence-corrected chi connectivity index (χ0v) is 34.9. The van der Waals surface area contributed by atoms with Crippen LogP contribution in [0.5, 0.6) is 0 Å². The van der Waals surface area contributed by atoms with Crippen LogP contribution in [0.1, 0.15) is 187 Å². The Kier molecular flexibility index (Phi) is 28.0. The molecule has 1 rings (SSSR count). The third-order valence-corrected chi connectivity index (χ3v) is 10.6. The van der Waals surface area contributed by atoms with E-state index in [9.17, 15) is 19.0 Å². The van der Waals surface area contributed by atoms with Gasteiger partial charge in [-0.25, -0.2) is 0 Å². The largest absolute Gasteiger partial charge is 0.756 e. The van der Waals surface area contributed by atoms with Gasteiger partial charge in [-0.15, -0.1) is 0 Å². The van der Waals surface area contributed by atoms with Gasteiger partial charge in [0.15, 0.2) is 11.8 Å². The fraction of sp³-hybridized carbons (Fsp3) is 0.950. The SMILES string of the molecule is CCCCCCCCCCCCCC(=O)OCC(COP(=O)([O-])OCC[N+](C)(C)C)OC(=O)CCCCC1(CCCCCCCCCCCC)N=N1. The Balaban J connectivity index is 2.37. The maximum Gasteiger partial charge on any atom is 0.306 e. The molecule has 52 heavy (non-hydrogen) atoms. The predicted octanol–water partition coefficient (Wildman–Crippen LogP) is 10.4. The molecule has 1 aliphatic heterocycles. The van der Waals surface area contributed by atoms with E-state index in [2.05, 4.69) is 24.1 Å². The molecule has 0 bridgehead atoms. The summed E-state index contributed by atoms with van der Waals surface area (Å²) in [7, 11) is 1.13. The number of ether oxygens (including phenoxy) is 2. The van der Waals surface area contributed by atoms with Gasteiger partial charge >= 0.3 is 11.9 Å². The molecule has 11 nitrogen and oxygen atoms in total. The molecule has 0 saturated carbocycles. The summed E-state index contributed by atoms with van der Waals surface area (Å²) in [5.74, 6) is -0.888. The van der Waals surface area contributed by atoms with Crippen molar-refractivity contribution < 1.29 is 42.1 Å². The molecule has 1 aliphatic rings. The molecule has 0 aliphatic carbocycles. The summed E-state index contributed by atoms with van der Waals surface area (Å²) in [6.45, 7) is 4.15. The van der Waals surface area contributed by atoms with E-state index in [1.54, 1.807) is 0 Å². The molecule has 0 aromatic rings. The molecule has 0 spiro atoms. The average molecular weight is 760 g/mol. The predicted molar refractivity (Wildman–Crippen MR) is 207 cm³/mol. The Bertz CT molecular complexity index is 984. The van der Waals surface area contributed by atoms with Gasteiger partial charge < -0.3 is 27.9 Å². The number of carbonyl (C=O) groups is 2. The molecule has 0 N–H and O–H groups in total. The zero-order valence-electron chi connectivity index (χ0n) is 34.1. The van der Waals surface area contributed by atoms with Crippen LogP contribution in [0.15, 0.2) is 10.2 Å². The first-order valence-electron chi connectivity index (χ1n) is 21.1. The van der Waals surface area contributed by atoms with Gasteiger partial charge in [0.25, 0.3) is 7.82 Å². The molecule has 306 valence electrons. The van der Waals surface area contributed by atoms with Crippen LogP contribution in [-0.4, -0.2) is 75.7 Å². The Morgan fingerprint density at radius 2 is 1.04 bits per heavy atom. The van der Waals surface area contributed by atoms with E-state index in [1.807, 2.05) is 21.1 Å². The molecular weight excluding hydrogens is 681 g/mol. The van der Waals surface area contributed by atoms with Gasteiger partial charge in [0, 0.05) is 12.8 Å². The number of rotatable bonds is 38. The Morgan fingerprint density at radius 3 is 1.52 bits per heavy atom. The number of phosphoric acid groups is 1. The van der Waals surface area contributed by atoms with E-state index in [0.29, 0.717) is 17.4 Å². The van der Waals surface area contributed by atoms with E-state index in [4.69, 9.17) is 18.5 Å². The fourth-order valence-electron chi connectivity index (χ4n) is 6.16. The van der Waals surface area contributed by atoms with Crippen molar-refractivity contribution in [1.82, 2.24) is 0 Å². The van der Waals surface area contributed by atoms with Gasteiger partial charge in [0.05, 0.1) is 27.7 Å². The molecule has 0 amide bonds. The summed E-state index contributed by atoms with van der Waals surface area (Å²) in [4.78, 5) is 37.6. The number of esters is 2. The second kappa shape index (κ2) is 29.9. The lowest BCUT2D eigenvalue weighted by atomic mass is 9.98. The number of carbonyl (C=O) groups excluding carboxylic acids is 2. The lowest BCUT2D eigenvalue weighted by molar-refractivity contribution is -0.870. The summed E-state index contributed by atoms with van der Waals surface area (Å²) >= 11 is 0. The number of phosphoric ester groups is 1. The first kappa shape index (κ1) is 48.6. The molecule has 0 fully saturated rings. The highest BCUT2D eigenvalue weighted by molar-refractivity contribution is 7.45. The van der Waals surface area contributed by atoms with Crippen molar-refractivity contribution in [2.24, 2.45) is 10.2 Å². The molecule has 2 atom stereocenters. The molecular formula is C40H78N3O8P. The van der Waals surface area contributed by atoms with Crippen molar-refractivity contribution in [3.05, 3.63) is 0 Å². The van der Waals surface area contributed by atoms with Crippen LogP contribution in [0.4, 0.5) is 0 Å². The summed E-state index contributed by atoms with van der Waals surface area (Å²) in [6.07, 6.45) is 28.5. The first-order chi connectivity index (χ1) is 24.9. The molecule has 0 radical (unpaired) electrons. The molecule has 2 unspecified atom stereocenters.